The van der Waals surface area contributed by atoms with Crippen molar-refractivity contribution in [3.05, 3.63) is 52.7 Å². The Bertz CT molecular complexity index is 1010. The second-order valence-electron chi connectivity index (χ2n) is 8.57. The number of benzene rings is 1. The first-order chi connectivity index (χ1) is 15.3. The van der Waals surface area contributed by atoms with Crippen LogP contribution in [0, 0.1) is 25.5 Å². The summed E-state index contributed by atoms with van der Waals surface area (Å²) in [5.74, 6) is -1.80. The Hall–Kier alpha value is -3.03. The lowest BCUT2D eigenvalue weighted by atomic mass is 10.1. The number of amides is 2. The summed E-state index contributed by atoms with van der Waals surface area (Å²) in [6, 6.07) is 4.27. The number of halogens is 2. The maximum atomic E-state index is 14.9. The molecule has 0 saturated carbocycles. The Kier molecular flexibility index (Phi) is 6.39. The van der Waals surface area contributed by atoms with Gasteiger partial charge in [-0.2, -0.15) is 0 Å². The van der Waals surface area contributed by atoms with E-state index >= 15 is 0 Å². The molecule has 0 radical (unpaired) electrons. The van der Waals surface area contributed by atoms with Crippen molar-refractivity contribution in [3.63, 3.8) is 0 Å². The van der Waals surface area contributed by atoms with Gasteiger partial charge in [0.1, 0.15) is 23.0 Å². The molecule has 8 heteroatoms. The van der Waals surface area contributed by atoms with E-state index in [0.717, 1.165) is 48.3 Å². The monoisotopic (exact) mass is 442 g/mol. The third kappa shape index (κ3) is 4.45. The highest BCUT2D eigenvalue weighted by molar-refractivity contribution is 5.97. The molecular weight excluding hydrogens is 414 g/mol. The average Bonchev–Trinajstić information content (AvgIpc) is 2.97. The molecule has 0 aliphatic carbocycles. The number of carbonyl (C=O) groups excluding carboxylic acids is 2. The minimum atomic E-state index is -0.930. The summed E-state index contributed by atoms with van der Waals surface area (Å²) in [6.07, 6.45) is 4.65. The molecule has 2 aromatic rings. The van der Waals surface area contributed by atoms with Crippen LogP contribution < -0.4 is 9.80 Å². The molecule has 170 valence electrons. The Morgan fingerprint density at radius 3 is 2.28 bits per heavy atom. The lowest BCUT2D eigenvalue weighted by Crippen LogP contribution is -2.49. The zero-order valence-electron chi connectivity index (χ0n) is 18.5. The first kappa shape index (κ1) is 22.2. The van der Waals surface area contributed by atoms with Crippen LogP contribution in [0.2, 0.25) is 0 Å². The second kappa shape index (κ2) is 9.22. The number of anilines is 2. The fraction of sp³-hybridized carbons (Fsp3) is 0.458. The Morgan fingerprint density at radius 2 is 1.62 bits per heavy atom. The first-order valence-corrected chi connectivity index (χ1v) is 11.1. The average molecular weight is 443 g/mol. The largest absolute Gasteiger partial charge is 0.353 e. The maximum absolute atomic E-state index is 14.9. The molecule has 3 heterocycles. The minimum Gasteiger partial charge on any atom is -0.353 e. The van der Waals surface area contributed by atoms with E-state index in [1.807, 2.05) is 13.8 Å². The Labute approximate surface area is 186 Å². The maximum Gasteiger partial charge on any atom is 0.259 e. The van der Waals surface area contributed by atoms with Gasteiger partial charge < -0.3 is 14.7 Å². The van der Waals surface area contributed by atoms with E-state index in [9.17, 15) is 18.4 Å². The molecule has 2 fully saturated rings. The molecule has 0 bridgehead atoms. The van der Waals surface area contributed by atoms with Crippen LogP contribution in [0.3, 0.4) is 0 Å². The number of hydrogen-bond donors (Lipinski definition) is 0. The van der Waals surface area contributed by atoms with Crippen LogP contribution in [0.1, 0.15) is 47.2 Å². The summed E-state index contributed by atoms with van der Waals surface area (Å²) >= 11 is 0. The van der Waals surface area contributed by atoms with Crippen LogP contribution >= 0.6 is 0 Å². The van der Waals surface area contributed by atoms with Crippen molar-refractivity contribution in [3.8, 4) is 0 Å². The minimum absolute atomic E-state index is 0.142. The summed E-state index contributed by atoms with van der Waals surface area (Å²) < 4.78 is 29.8. The van der Waals surface area contributed by atoms with Crippen molar-refractivity contribution in [1.29, 1.82) is 0 Å². The number of carbonyl (C=O) groups is 2. The molecule has 2 aliphatic rings. The highest BCUT2D eigenvalue weighted by atomic mass is 19.1. The molecule has 0 spiro atoms. The number of hydrogen-bond acceptors (Lipinski definition) is 4. The van der Waals surface area contributed by atoms with Crippen LogP contribution in [-0.2, 0) is 4.79 Å². The predicted molar refractivity (Wildman–Crippen MR) is 119 cm³/mol. The zero-order chi connectivity index (χ0) is 22.8. The van der Waals surface area contributed by atoms with Crippen molar-refractivity contribution < 1.29 is 18.4 Å². The highest BCUT2D eigenvalue weighted by Gasteiger charge is 2.29. The number of aromatic nitrogens is 1. The fourth-order valence-corrected chi connectivity index (χ4v) is 4.49. The third-order valence-corrected chi connectivity index (χ3v) is 6.18. The second-order valence-corrected chi connectivity index (χ2v) is 8.57. The molecule has 0 unspecified atom stereocenters. The van der Waals surface area contributed by atoms with E-state index in [2.05, 4.69) is 16.0 Å². The molecule has 0 atom stereocenters. The number of piperazine rings is 1. The van der Waals surface area contributed by atoms with Gasteiger partial charge in [0.25, 0.3) is 5.91 Å². The van der Waals surface area contributed by atoms with E-state index in [1.165, 1.54) is 9.80 Å². The van der Waals surface area contributed by atoms with Gasteiger partial charge in [-0.15, -0.1) is 0 Å². The van der Waals surface area contributed by atoms with Gasteiger partial charge in [0.2, 0.25) is 5.91 Å². The van der Waals surface area contributed by atoms with E-state index in [-0.39, 0.29) is 11.6 Å². The molecule has 0 N–H and O–H groups in total. The zero-order valence-corrected chi connectivity index (χ0v) is 18.5. The van der Waals surface area contributed by atoms with Crippen LogP contribution in [0.15, 0.2) is 24.4 Å². The fourth-order valence-electron chi connectivity index (χ4n) is 4.49. The Balaban J connectivity index is 1.48. The molecule has 6 nitrogen and oxygen atoms in total. The van der Waals surface area contributed by atoms with Crippen molar-refractivity contribution in [2.24, 2.45) is 0 Å². The van der Waals surface area contributed by atoms with E-state index in [0.29, 0.717) is 39.1 Å². The Morgan fingerprint density at radius 1 is 0.938 bits per heavy atom. The van der Waals surface area contributed by atoms with Crippen molar-refractivity contribution in [2.45, 2.75) is 39.5 Å². The van der Waals surface area contributed by atoms with Crippen LogP contribution in [0.5, 0.6) is 0 Å². The van der Waals surface area contributed by atoms with Crippen molar-refractivity contribution in [1.82, 2.24) is 9.88 Å². The van der Waals surface area contributed by atoms with Crippen molar-refractivity contribution in [2.75, 3.05) is 42.5 Å². The van der Waals surface area contributed by atoms with E-state index in [1.54, 1.807) is 6.20 Å². The molecule has 1 aromatic carbocycles. The third-order valence-electron chi connectivity index (χ3n) is 6.18. The smallest absolute Gasteiger partial charge is 0.259 e. The summed E-state index contributed by atoms with van der Waals surface area (Å²) in [5.41, 5.74) is 1.75. The molecular formula is C24H28F2N4O2. The van der Waals surface area contributed by atoms with Gasteiger partial charge in [0.05, 0.1) is 0 Å². The SMILES string of the molecule is Cc1cnc(N2CCN(C(=O)c3c(F)cc(N4CCCCCC4=O)cc3F)CC2)c(C)c1. The standard InChI is InChI=1S/C24H28F2N4O2/c1-16-12-17(2)23(27-15-16)28-8-10-29(11-9-28)24(32)22-19(25)13-18(14-20(22)26)30-7-5-3-4-6-21(30)31/h12-15H,3-11H2,1-2H3. The van der Waals surface area contributed by atoms with Crippen LogP contribution in [-0.4, -0.2) is 54.4 Å². The lowest BCUT2D eigenvalue weighted by molar-refractivity contribution is -0.118. The summed E-state index contributed by atoms with van der Waals surface area (Å²) in [7, 11) is 0. The predicted octanol–water partition coefficient (Wildman–Crippen LogP) is 3.85. The van der Waals surface area contributed by atoms with Gasteiger partial charge in [-0.3, -0.25) is 9.59 Å². The normalized spacial score (nSPS) is 17.5. The van der Waals surface area contributed by atoms with Gasteiger partial charge in [-0.05, 0) is 49.9 Å². The molecule has 2 saturated heterocycles. The van der Waals surface area contributed by atoms with E-state index < -0.39 is 23.1 Å². The quantitative estimate of drug-likeness (QED) is 0.725. The van der Waals surface area contributed by atoms with Gasteiger partial charge in [-0.1, -0.05) is 12.5 Å². The van der Waals surface area contributed by atoms with Gasteiger partial charge in [0, 0.05) is 51.0 Å². The van der Waals surface area contributed by atoms with Gasteiger partial charge in [-0.25, -0.2) is 13.8 Å². The number of pyridine rings is 1. The summed E-state index contributed by atoms with van der Waals surface area (Å²) in [5, 5.41) is 0. The first-order valence-electron chi connectivity index (χ1n) is 11.1. The molecule has 4 rings (SSSR count). The number of nitrogens with zero attached hydrogens (tertiary/aromatic N) is 4. The topological polar surface area (TPSA) is 56.8 Å². The van der Waals surface area contributed by atoms with Gasteiger partial charge >= 0.3 is 0 Å². The van der Waals surface area contributed by atoms with Crippen molar-refractivity contribution >= 4 is 23.3 Å². The molecule has 32 heavy (non-hydrogen) atoms. The summed E-state index contributed by atoms with van der Waals surface area (Å²) in [4.78, 5) is 34.7. The van der Waals surface area contributed by atoms with Gasteiger partial charge in [0.15, 0.2) is 0 Å². The van der Waals surface area contributed by atoms with Crippen LogP contribution in [0.4, 0.5) is 20.3 Å². The number of aryl methyl sites for hydroxylation is 2. The summed E-state index contributed by atoms with van der Waals surface area (Å²) in [6.45, 7) is 6.17. The van der Waals surface area contributed by atoms with E-state index in [4.69, 9.17) is 0 Å². The molecule has 1 aromatic heterocycles. The molecule has 2 aliphatic heterocycles. The highest BCUT2D eigenvalue weighted by Crippen LogP contribution is 2.27. The van der Waals surface area contributed by atoms with Crippen LogP contribution in [0.25, 0.3) is 0 Å². The lowest BCUT2D eigenvalue weighted by Gasteiger charge is -2.36. The number of rotatable bonds is 3. The molecule has 2 amide bonds.